The molecule has 0 saturated carbocycles. The molecule has 1 aliphatic heterocycles. The number of H-pyrrole nitrogens is 1. The lowest BCUT2D eigenvalue weighted by Gasteiger charge is -2.25. The van der Waals surface area contributed by atoms with Crippen LogP contribution in [0, 0.1) is 11.7 Å². The molecule has 1 aliphatic rings. The first-order valence-corrected chi connectivity index (χ1v) is 13.1. The van der Waals surface area contributed by atoms with Gasteiger partial charge in [0.25, 0.3) is 5.56 Å². The number of esters is 1. The van der Waals surface area contributed by atoms with E-state index in [1.807, 2.05) is 13.8 Å². The molecule has 2 heterocycles. The lowest BCUT2D eigenvalue weighted by atomic mass is 9.98. The minimum absolute atomic E-state index is 0.0175. The summed E-state index contributed by atoms with van der Waals surface area (Å²) in [4.78, 5) is 38.1. The topological polar surface area (TPSA) is 158 Å². The number of nitrogens with one attached hydrogen (secondary N) is 2. The molecule has 1 saturated heterocycles. The Hall–Kier alpha value is -2.90. The number of benzene rings is 1. The highest BCUT2D eigenvalue weighted by molar-refractivity contribution is 7.52. The Morgan fingerprint density at radius 2 is 2.00 bits per heavy atom. The molecule has 3 rings (SSSR count). The Kier molecular flexibility index (Phi) is 8.34. The number of aliphatic hydroxyl groups is 1. The quantitative estimate of drug-likeness (QED) is 0.273. The fourth-order valence-electron chi connectivity index (χ4n) is 3.40. The van der Waals surface area contributed by atoms with Gasteiger partial charge in [0.15, 0.2) is 11.9 Å². The lowest BCUT2D eigenvalue weighted by Crippen LogP contribution is -2.43. The Bertz CT molecular complexity index is 1390. The van der Waals surface area contributed by atoms with Crippen molar-refractivity contribution >= 4 is 13.7 Å². The number of halogens is 2. The average molecular weight is 563 g/mol. The van der Waals surface area contributed by atoms with Crippen molar-refractivity contribution in [2.45, 2.75) is 57.8 Å². The molecule has 0 spiro atoms. The summed E-state index contributed by atoms with van der Waals surface area (Å²) >= 11 is 0. The second-order valence-corrected chi connectivity index (χ2v) is 10.9. The predicted octanol–water partition coefficient (Wildman–Crippen LogP) is 2.04. The van der Waals surface area contributed by atoms with Crippen LogP contribution in [-0.2, 0) is 23.4 Å². The molecular formula is C23H30F2N3O9P. The van der Waals surface area contributed by atoms with Gasteiger partial charge in [-0.1, -0.05) is 13.8 Å². The molecule has 0 amide bonds. The van der Waals surface area contributed by atoms with E-state index in [0.29, 0.717) is 4.57 Å². The molecule has 1 aromatic heterocycles. The van der Waals surface area contributed by atoms with Crippen LogP contribution in [0.3, 0.4) is 0 Å². The van der Waals surface area contributed by atoms with Gasteiger partial charge in [0.2, 0.25) is 0 Å². The molecule has 1 fully saturated rings. The zero-order chi connectivity index (χ0) is 30.0. The predicted molar refractivity (Wildman–Crippen MR) is 130 cm³/mol. The highest BCUT2D eigenvalue weighted by atomic mass is 31.2. The van der Waals surface area contributed by atoms with Gasteiger partial charge in [0.05, 0.1) is 16.0 Å². The largest absolute Gasteiger partial charge is 0.464 e. The van der Waals surface area contributed by atoms with Gasteiger partial charge in [0, 0.05) is 12.2 Å². The molecule has 0 radical (unpaired) electrons. The zero-order valence-electron chi connectivity index (χ0n) is 23.0. The van der Waals surface area contributed by atoms with Crippen molar-refractivity contribution < 1.29 is 44.5 Å². The number of rotatable bonds is 11. The monoisotopic (exact) mass is 563 g/mol. The lowest BCUT2D eigenvalue weighted by molar-refractivity contribution is -0.146. The maximum atomic E-state index is 15.6. The van der Waals surface area contributed by atoms with Gasteiger partial charge in [-0.05, 0) is 44.0 Å². The minimum atomic E-state index is -4.53. The van der Waals surface area contributed by atoms with E-state index in [4.69, 9.17) is 21.3 Å². The van der Waals surface area contributed by atoms with Gasteiger partial charge in [-0.15, -0.1) is 0 Å². The third kappa shape index (κ3) is 7.14. The van der Waals surface area contributed by atoms with Crippen molar-refractivity contribution in [3.8, 4) is 5.75 Å². The summed E-state index contributed by atoms with van der Waals surface area (Å²) in [5.41, 5.74) is -5.17. The first-order chi connectivity index (χ1) is 18.6. The van der Waals surface area contributed by atoms with Gasteiger partial charge >= 0.3 is 19.4 Å². The van der Waals surface area contributed by atoms with Crippen LogP contribution in [0.25, 0.3) is 0 Å². The van der Waals surface area contributed by atoms with Crippen molar-refractivity contribution in [1.29, 1.82) is 0 Å². The minimum Gasteiger partial charge on any atom is -0.464 e. The van der Waals surface area contributed by atoms with Crippen LogP contribution in [0.1, 0.15) is 36.7 Å². The van der Waals surface area contributed by atoms with Crippen molar-refractivity contribution in [1.82, 2.24) is 14.6 Å². The number of alkyl halides is 1. The SMILES string of the molecule is [2H]c1c([2H])n([C@@H]2O[C@H](COP(=O)(NC(C)C(=O)OCC(C)C)Oc3ccc(F)cc3)[C@@H](O)[C@@]2(C)F)c(=O)[nH]c1=O. The smallest absolute Gasteiger partial charge is 0.459 e. The number of aromatic amines is 1. The summed E-state index contributed by atoms with van der Waals surface area (Å²) < 4.78 is 79.9. The highest BCUT2D eigenvalue weighted by Gasteiger charge is 2.55. The van der Waals surface area contributed by atoms with Crippen LogP contribution in [-0.4, -0.2) is 57.8 Å². The van der Waals surface area contributed by atoms with E-state index in [9.17, 15) is 28.4 Å². The van der Waals surface area contributed by atoms with E-state index in [-0.39, 0.29) is 18.3 Å². The number of aromatic nitrogens is 2. The summed E-state index contributed by atoms with van der Waals surface area (Å²) in [6.07, 6.45) is -6.57. The molecule has 2 aromatic rings. The molecule has 0 aliphatic carbocycles. The normalized spacial score (nSPS) is 26.4. The van der Waals surface area contributed by atoms with E-state index >= 15 is 4.39 Å². The van der Waals surface area contributed by atoms with Crippen molar-refractivity contribution in [2.75, 3.05) is 13.2 Å². The fraction of sp³-hybridized carbons (Fsp3) is 0.522. The second kappa shape index (κ2) is 11.9. The number of carbonyl (C=O) groups excluding carboxylic acids is 1. The van der Waals surface area contributed by atoms with E-state index in [1.165, 1.54) is 6.92 Å². The van der Waals surface area contributed by atoms with E-state index in [2.05, 4.69) is 5.09 Å². The van der Waals surface area contributed by atoms with Gasteiger partial charge in [-0.3, -0.25) is 23.7 Å². The first-order valence-electron chi connectivity index (χ1n) is 12.5. The van der Waals surface area contributed by atoms with Crippen LogP contribution in [0.15, 0.2) is 46.1 Å². The number of ether oxygens (including phenoxy) is 2. The number of nitrogens with zero attached hydrogens (tertiary/aromatic N) is 1. The van der Waals surface area contributed by atoms with Crippen LogP contribution in [0.4, 0.5) is 8.78 Å². The van der Waals surface area contributed by atoms with E-state index in [0.717, 1.165) is 31.2 Å². The summed E-state index contributed by atoms with van der Waals surface area (Å²) in [6, 6.07) is 2.14. The fourth-order valence-corrected chi connectivity index (χ4v) is 4.90. The first kappa shape index (κ1) is 26.7. The summed E-state index contributed by atoms with van der Waals surface area (Å²) in [6.45, 7) is 5.06. The molecule has 0 bridgehead atoms. The zero-order valence-corrected chi connectivity index (χ0v) is 21.9. The third-order valence-corrected chi connectivity index (χ3v) is 7.04. The summed E-state index contributed by atoms with van der Waals surface area (Å²) in [5, 5.41) is 13.0. The van der Waals surface area contributed by atoms with Gasteiger partial charge in [0.1, 0.15) is 29.8 Å². The number of carbonyl (C=O) groups is 1. The molecular weight excluding hydrogens is 531 g/mol. The van der Waals surface area contributed by atoms with Crippen molar-refractivity contribution in [3.63, 3.8) is 0 Å². The molecule has 2 unspecified atom stereocenters. The van der Waals surface area contributed by atoms with Crippen molar-refractivity contribution in [3.05, 3.63) is 63.1 Å². The summed E-state index contributed by atoms with van der Waals surface area (Å²) in [7, 11) is -4.53. The van der Waals surface area contributed by atoms with Crippen molar-refractivity contribution in [2.24, 2.45) is 5.92 Å². The molecule has 1 aromatic carbocycles. The van der Waals surface area contributed by atoms with Gasteiger partial charge in [-0.25, -0.2) is 18.1 Å². The van der Waals surface area contributed by atoms with Crippen LogP contribution in [0.2, 0.25) is 0 Å². The highest BCUT2D eigenvalue weighted by Crippen LogP contribution is 2.47. The molecule has 6 atom stereocenters. The van der Waals surface area contributed by atoms with Crippen LogP contribution in [0.5, 0.6) is 5.75 Å². The second-order valence-electron chi connectivity index (χ2n) is 9.20. The average Bonchev–Trinajstić information content (AvgIpc) is 3.09. The number of aliphatic hydroxyl groups excluding tert-OH is 1. The Morgan fingerprint density at radius 1 is 1.34 bits per heavy atom. The molecule has 15 heteroatoms. The Balaban J connectivity index is 1.84. The third-order valence-electron chi connectivity index (χ3n) is 5.39. The number of hydrogen-bond acceptors (Lipinski definition) is 9. The van der Waals surface area contributed by atoms with E-state index < -0.39 is 79.8 Å². The van der Waals surface area contributed by atoms with Crippen LogP contribution >= 0.6 is 7.75 Å². The van der Waals surface area contributed by atoms with Gasteiger partial charge in [-0.2, -0.15) is 5.09 Å². The standard InChI is InChI=1S/C23H30F2N3O9P/c1-13(2)11-34-20(31)14(3)27-38(33,37-16-7-5-15(24)6-8-16)35-12-17-19(30)23(4,25)21(36-17)28-10-9-18(29)26-22(28)32/h5-10,13-14,17,19,21,30H,11-12H2,1-4H3,(H,27,33)(H,26,29,32)/t14?,17-,19-,21-,23-,38?/m1/s1/i9D,10D. The van der Waals surface area contributed by atoms with Crippen LogP contribution < -0.4 is 20.9 Å². The molecule has 210 valence electrons. The Morgan fingerprint density at radius 3 is 2.63 bits per heavy atom. The maximum Gasteiger partial charge on any atom is 0.459 e. The maximum absolute atomic E-state index is 15.6. The molecule has 38 heavy (non-hydrogen) atoms. The van der Waals surface area contributed by atoms with E-state index in [1.54, 1.807) is 4.98 Å². The summed E-state index contributed by atoms with van der Waals surface area (Å²) in [5.74, 6) is -1.51. The molecule has 3 N–H and O–H groups in total. The molecule has 12 nitrogen and oxygen atoms in total. The number of hydrogen-bond donors (Lipinski definition) is 3. The Labute approximate surface area is 219 Å². The van der Waals surface area contributed by atoms with Gasteiger partial charge < -0.3 is 19.1 Å².